The van der Waals surface area contributed by atoms with E-state index in [1.54, 1.807) is 0 Å². The third kappa shape index (κ3) is 2.87. The van der Waals surface area contributed by atoms with E-state index in [9.17, 15) is 9.59 Å². The molecule has 1 aromatic carbocycles. The Hall–Kier alpha value is -3.26. The Morgan fingerprint density at radius 3 is 2.79 bits per heavy atom. The summed E-state index contributed by atoms with van der Waals surface area (Å²) in [6, 6.07) is 9.45. The predicted octanol–water partition coefficient (Wildman–Crippen LogP) is 2.85. The fourth-order valence-electron chi connectivity index (χ4n) is 3.78. The first-order valence-electron chi connectivity index (χ1n) is 9.49. The van der Waals surface area contributed by atoms with Crippen molar-refractivity contribution >= 4 is 33.0 Å². The van der Waals surface area contributed by atoms with Crippen LogP contribution in [0.5, 0.6) is 0 Å². The van der Waals surface area contributed by atoms with Crippen LogP contribution in [-0.2, 0) is 12.8 Å². The molecule has 0 saturated carbocycles. The number of thiophene rings is 1. The molecule has 1 aliphatic carbocycles. The van der Waals surface area contributed by atoms with Crippen molar-refractivity contribution in [3.05, 3.63) is 68.1 Å². The molecule has 8 heteroatoms. The lowest BCUT2D eigenvalue weighted by Gasteiger charge is -2.14. The maximum Gasteiger partial charge on any atom is 0.439 e. The maximum absolute atomic E-state index is 13.3. The molecular formula is C21H19N4O3S+. The van der Waals surface area contributed by atoms with Gasteiger partial charge in [0.1, 0.15) is 9.71 Å². The van der Waals surface area contributed by atoms with Crippen LogP contribution in [0, 0.1) is 6.92 Å². The van der Waals surface area contributed by atoms with Crippen LogP contribution >= 0.6 is 11.3 Å². The molecule has 3 N–H and O–H groups in total. The van der Waals surface area contributed by atoms with Crippen LogP contribution in [0.15, 0.2) is 39.6 Å². The first kappa shape index (κ1) is 17.8. The van der Waals surface area contributed by atoms with Gasteiger partial charge in [-0.1, -0.05) is 17.7 Å². The molecule has 0 saturated heterocycles. The monoisotopic (exact) mass is 407 g/mol. The number of hydrogen-bond donors (Lipinski definition) is 2. The molecule has 0 atom stereocenters. The number of fused-ring (bicyclic) bond motifs is 2. The maximum atomic E-state index is 13.3. The quantitative estimate of drug-likeness (QED) is 0.401. The van der Waals surface area contributed by atoms with Crippen LogP contribution < -0.4 is 16.0 Å². The zero-order valence-corrected chi connectivity index (χ0v) is 16.6. The van der Waals surface area contributed by atoms with Crippen molar-refractivity contribution in [1.29, 1.82) is 0 Å². The zero-order valence-electron chi connectivity index (χ0n) is 15.8. The number of nitrogen functional groups attached to an aromatic ring is 1. The first-order chi connectivity index (χ1) is 14.0. The van der Waals surface area contributed by atoms with Crippen molar-refractivity contribution in [2.75, 3.05) is 5.73 Å². The highest BCUT2D eigenvalue weighted by molar-refractivity contribution is 7.21. The van der Waals surface area contributed by atoms with E-state index in [1.807, 2.05) is 37.3 Å². The number of hydrogen-bond acceptors (Lipinski definition) is 6. The van der Waals surface area contributed by atoms with Crippen molar-refractivity contribution in [2.45, 2.75) is 32.6 Å². The van der Waals surface area contributed by atoms with E-state index in [0.717, 1.165) is 47.2 Å². The summed E-state index contributed by atoms with van der Waals surface area (Å²) in [5, 5.41) is 3.29. The predicted molar refractivity (Wildman–Crippen MR) is 110 cm³/mol. The molecule has 5 rings (SSSR count). The number of H-pyrrole nitrogens is 1. The number of carbonyl (C=O) groups is 1. The van der Waals surface area contributed by atoms with Gasteiger partial charge in [-0.05, 0) is 54.2 Å². The first-order valence-corrected chi connectivity index (χ1v) is 10.3. The Morgan fingerprint density at radius 1 is 1.24 bits per heavy atom. The molecule has 29 heavy (non-hydrogen) atoms. The third-order valence-electron chi connectivity index (χ3n) is 5.36. The van der Waals surface area contributed by atoms with Crippen molar-refractivity contribution < 1.29 is 14.0 Å². The van der Waals surface area contributed by atoms with Crippen LogP contribution in [0.2, 0.25) is 0 Å². The Kier molecular flexibility index (Phi) is 4.09. The van der Waals surface area contributed by atoms with Gasteiger partial charge in [-0.2, -0.15) is 0 Å². The van der Waals surface area contributed by atoms with Gasteiger partial charge in [-0.25, -0.2) is 9.78 Å². The number of aromatic amines is 1. The van der Waals surface area contributed by atoms with E-state index in [0.29, 0.717) is 16.3 Å². The highest BCUT2D eigenvalue weighted by atomic mass is 32.1. The third-order valence-corrected chi connectivity index (χ3v) is 6.47. The molecule has 0 aliphatic heterocycles. The molecule has 0 amide bonds. The van der Waals surface area contributed by atoms with Gasteiger partial charge in [0.05, 0.1) is 5.69 Å². The zero-order chi connectivity index (χ0) is 20.1. The van der Waals surface area contributed by atoms with Gasteiger partial charge >= 0.3 is 11.3 Å². The lowest BCUT2D eigenvalue weighted by atomic mass is 9.95. The average Bonchev–Trinajstić information content (AvgIpc) is 3.26. The molecule has 0 fully saturated rings. The molecular weight excluding hydrogens is 388 g/mol. The van der Waals surface area contributed by atoms with Crippen molar-refractivity contribution in [3.63, 3.8) is 0 Å². The summed E-state index contributed by atoms with van der Waals surface area (Å²) in [5.41, 5.74) is 9.82. The number of anilines is 1. The Morgan fingerprint density at radius 2 is 2.00 bits per heavy atom. The molecule has 0 unspecified atom stereocenters. The SMILES string of the molecule is Cc1ccc(-[n+]2[nH]oc(=O)c2C(=O)c2sc3nc4c(cc3c2N)CCCC4)cc1. The van der Waals surface area contributed by atoms with Gasteiger partial charge in [0.2, 0.25) is 5.69 Å². The summed E-state index contributed by atoms with van der Waals surface area (Å²) >= 11 is 1.22. The molecule has 146 valence electrons. The lowest BCUT2D eigenvalue weighted by Crippen LogP contribution is -2.41. The van der Waals surface area contributed by atoms with Crippen molar-refractivity contribution in [1.82, 2.24) is 10.3 Å². The van der Waals surface area contributed by atoms with E-state index >= 15 is 0 Å². The number of ketones is 1. The number of nitrogens with two attached hydrogens (primary N) is 1. The number of pyridine rings is 1. The second kappa shape index (κ2) is 6.66. The van der Waals surface area contributed by atoms with Gasteiger partial charge in [0, 0.05) is 23.2 Å². The summed E-state index contributed by atoms with van der Waals surface area (Å²) in [6.45, 7) is 1.96. The highest BCUT2D eigenvalue weighted by Gasteiger charge is 2.34. The number of nitrogens with zero attached hydrogens (tertiary/aromatic N) is 2. The molecule has 1 aliphatic rings. The number of aryl methyl sites for hydroxylation is 3. The van der Waals surface area contributed by atoms with Gasteiger partial charge in [0.15, 0.2) is 0 Å². The van der Waals surface area contributed by atoms with E-state index in [-0.39, 0.29) is 5.69 Å². The fourth-order valence-corrected chi connectivity index (χ4v) is 4.82. The molecule has 3 aromatic heterocycles. The van der Waals surface area contributed by atoms with Gasteiger partial charge in [0.25, 0.3) is 5.78 Å². The van der Waals surface area contributed by atoms with Crippen molar-refractivity contribution in [3.8, 4) is 5.69 Å². The van der Waals surface area contributed by atoms with E-state index in [4.69, 9.17) is 15.2 Å². The van der Waals surface area contributed by atoms with Crippen LogP contribution in [0.25, 0.3) is 15.9 Å². The minimum atomic E-state index is -0.736. The van der Waals surface area contributed by atoms with E-state index < -0.39 is 11.4 Å². The largest absolute Gasteiger partial charge is 0.439 e. The minimum Gasteiger partial charge on any atom is -0.397 e. The Balaban J connectivity index is 1.64. The number of aromatic nitrogens is 3. The summed E-state index contributed by atoms with van der Waals surface area (Å²) in [6.07, 6.45) is 4.18. The summed E-state index contributed by atoms with van der Waals surface area (Å²) in [7, 11) is 0. The molecule has 0 bridgehead atoms. The van der Waals surface area contributed by atoms with Gasteiger partial charge < -0.3 is 5.73 Å². The van der Waals surface area contributed by atoms with Crippen LogP contribution in [0.4, 0.5) is 5.69 Å². The second-order valence-corrected chi connectivity index (χ2v) is 8.33. The number of benzene rings is 1. The van der Waals surface area contributed by atoms with E-state index in [2.05, 4.69) is 5.27 Å². The normalized spacial score (nSPS) is 13.6. The average molecular weight is 407 g/mol. The summed E-state index contributed by atoms with van der Waals surface area (Å²) < 4.78 is 6.28. The van der Waals surface area contributed by atoms with E-state index in [1.165, 1.54) is 21.6 Å². The Labute approximate surface area is 169 Å². The molecule has 0 radical (unpaired) electrons. The lowest BCUT2D eigenvalue weighted by molar-refractivity contribution is -0.672. The van der Waals surface area contributed by atoms with Gasteiger partial charge in [-0.15, -0.1) is 11.3 Å². The molecule has 7 nitrogen and oxygen atoms in total. The number of nitrogens with one attached hydrogen (secondary N) is 1. The number of carbonyl (C=O) groups excluding carboxylic acids is 1. The van der Waals surface area contributed by atoms with Crippen LogP contribution in [-0.4, -0.2) is 16.0 Å². The Bertz CT molecular complexity index is 1310. The minimum absolute atomic E-state index is 0.114. The van der Waals surface area contributed by atoms with Crippen LogP contribution in [0.1, 0.15) is 45.0 Å². The highest BCUT2D eigenvalue weighted by Crippen LogP contribution is 2.36. The molecule has 0 spiro atoms. The smallest absolute Gasteiger partial charge is 0.397 e. The summed E-state index contributed by atoms with van der Waals surface area (Å²) in [5.74, 6) is -0.473. The second-order valence-electron chi connectivity index (χ2n) is 7.33. The fraction of sp³-hybridized carbons (Fsp3) is 0.238. The summed E-state index contributed by atoms with van der Waals surface area (Å²) in [4.78, 5) is 31.4. The topological polar surface area (TPSA) is 106 Å². The van der Waals surface area contributed by atoms with Crippen molar-refractivity contribution in [2.24, 2.45) is 0 Å². The molecule has 4 aromatic rings. The molecule has 3 heterocycles. The van der Waals surface area contributed by atoms with Crippen LogP contribution in [0.3, 0.4) is 0 Å². The number of rotatable bonds is 3. The standard InChI is InChI=1S/C21H18N4O3S/c1-11-6-8-13(9-7-11)25-17(21(27)28-24-25)18(26)19-16(22)14-10-12-4-2-3-5-15(12)23-20(14)29-19/h6-10H,2-5H2,1H3,(H2-,22,24,26,27)/p+1. The van der Waals surface area contributed by atoms with Gasteiger partial charge in [-0.3, -0.25) is 9.32 Å².